The van der Waals surface area contributed by atoms with Crippen molar-refractivity contribution in [2.24, 2.45) is 7.05 Å². The highest BCUT2D eigenvalue weighted by Crippen LogP contribution is 1.99. The summed E-state index contributed by atoms with van der Waals surface area (Å²) in [4.78, 5) is 11.2. The number of aromatic nitrogens is 1. The minimum atomic E-state index is -0.0761. The number of carbonyl (C=O) groups excluding carboxylic acids is 1. The molecule has 4 heteroatoms. The second kappa shape index (κ2) is 6.11. The van der Waals surface area contributed by atoms with Crippen molar-refractivity contribution in [1.82, 2.24) is 15.2 Å². The molecule has 1 aromatic rings. The van der Waals surface area contributed by atoms with Crippen molar-refractivity contribution in [3.8, 4) is 0 Å². The van der Waals surface area contributed by atoms with Crippen molar-refractivity contribution >= 4 is 6.03 Å². The molecule has 4 nitrogen and oxygen atoms in total. The topological polar surface area (TPSA) is 46.1 Å². The zero-order valence-corrected chi connectivity index (χ0v) is 9.42. The van der Waals surface area contributed by atoms with Crippen LogP contribution in [0.5, 0.6) is 0 Å². The summed E-state index contributed by atoms with van der Waals surface area (Å²) in [5, 5.41) is 5.58. The highest BCUT2D eigenvalue weighted by molar-refractivity contribution is 5.73. The SMILES string of the molecule is CCCNC(=O)NCCc1ccn(C)c1. The first kappa shape index (κ1) is 11.6. The van der Waals surface area contributed by atoms with Crippen molar-refractivity contribution in [1.29, 1.82) is 0 Å². The van der Waals surface area contributed by atoms with E-state index in [9.17, 15) is 4.79 Å². The highest BCUT2D eigenvalue weighted by atomic mass is 16.2. The maximum Gasteiger partial charge on any atom is 0.314 e. The molecule has 15 heavy (non-hydrogen) atoms. The fraction of sp³-hybridized carbons (Fsp3) is 0.545. The second-order valence-corrected chi connectivity index (χ2v) is 3.62. The Labute approximate surface area is 90.7 Å². The van der Waals surface area contributed by atoms with E-state index in [-0.39, 0.29) is 6.03 Å². The summed E-state index contributed by atoms with van der Waals surface area (Å²) in [5.41, 5.74) is 1.24. The van der Waals surface area contributed by atoms with E-state index in [0.717, 1.165) is 19.4 Å². The van der Waals surface area contributed by atoms with E-state index in [4.69, 9.17) is 0 Å². The van der Waals surface area contributed by atoms with Crippen molar-refractivity contribution in [2.75, 3.05) is 13.1 Å². The molecule has 0 aromatic carbocycles. The molecule has 84 valence electrons. The van der Waals surface area contributed by atoms with E-state index < -0.39 is 0 Å². The summed E-state index contributed by atoms with van der Waals surface area (Å²) < 4.78 is 2.01. The van der Waals surface area contributed by atoms with Gasteiger partial charge in [-0.3, -0.25) is 0 Å². The average Bonchev–Trinajstić information content (AvgIpc) is 2.61. The van der Waals surface area contributed by atoms with E-state index in [1.165, 1.54) is 5.56 Å². The number of nitrogens with one attached hydrogen (secondary N) is 2. The van der Waals surface area contributed by atoms with Crippen LogP contribution in [-0.2, 0) is 13.5 Å². The normalized spacial score (nSPS) is 10.0. The Bertz CT molecular complexity index is 307. The molecular formula is C11H19N3O. The van der Waals surface area contributed by atoms with Crippen LogP contribution in [0.1, 0.15) is 18.9 Å². The molecular weight excluding hydrogens is 190 g/mol. The van der Waals surface area contributed by atoms with Gasteiger partial charge in [-0.05, 0) is 24.5 Å². The van der Waals surface area contributed by atoms with Crippen LogP contribution >= 0.6 is 0 Å². The lowest BCUT2D eigenvalue weighted by Crippen LogP contribution is -2.36. The first-order valence-corrected chi connectivity index (χ1v) is 5.35. The fourth-order valence-corrected chi connectivity index (χ4v) is 1.33. The largest absolute Gasteiger partial charge is 0.357 e. The molecule has 1 aromatic heterocycles. The molecule has 1 heterocycles. The predicted octanol–water partition coefficient (Wildman–Crippen LogP) is 1.28. The van der Waals surface area contributed by atoms with Crippen LogP contribution in [-0.4, -0.2) is 23.7 Å². The molecule has 0 unspecified atom stereocenters. The lowest BCUT2D eigenvalue weighted by molar-refractivity contribution is 0.241. The van der Waals surface area contributed by atoms with Gasteiger partial charge in [0.25, 0.3) is 0 Å². The minimum Gasteiger partial charge on any atom is -0.357 e. The summed E-state index contributed by atoms with van der Waals surface area (Å²) in [7, 11) is 1.99. The van der Waals surface area contributed by atoms with Crippen molar-refractivity contribution in [3.63, 3.8) is 0 Å². The van der Waals surface area contributed by atoms with Crippen molar-refractivity contribution in [2.45, 2.75) is 19.8 Å². The van der Waals surface area contributed by atoms with Gasteiger partial charge in [0.2, 0.25) is 0 Å². The van der Waals surface area contributed by atoms with Gasteiger partial charge < -0.3 is 15.2 Å². The van der Waals surface area contributed by atoms with Crippen LogP contribution < -0.4 is 10.6 Å². The Morgan fingerprint density at radius 1 is 1.40 bits per heavy atom. The number of carbonyl (C=O) groups is 1. The van der Waals surface area contributed by atoms with Gasteiger partial charge in [0, 0.05) is 32.5 Å². The number of urea groups is 1. The Hall–Kier alpha value is -1.45. The summed E-state index contributed by atoms with van der Waals surface area (Å²) in [6, 6.07) is 1.99. The smallest absolute Gasteiger partial charge is 0.314 e. The lowest BCUT2D eigenvalue weighted by Gasteiger charge is -2.05. The predicted molar refractivity (Wildman–Crippen MR) is 60.8 cm³/mol. The van der Waals surface area contributed by atoms with Gasteiger partial charge in [-0.15, -0.1) is 0 Å². The summed E-state index contributed by atoms with van der Waals surface area (Å²) in [5.74, 6) is 0. The molecule has 0 atom stereocenters. The van der Waals surface area contributed by atoms with Crippen LogP contribution in [0.25, 0.3) is 0 Å². The molecule has 0 bridgehead atoms. The molecule has 0 spiro atoms. The van der Waals surface area contributed by atoms with Gasteiger partial charge in [-0.25, -0.2) is 4.79 Å². The Morgan fingerprint density at radius 2 is 2.13 bits per heavy atom. The second-order valence-electron chi connectivity index (χ2n) is 3.62. The summed E-state index contributed by atoms with van der Waals surface area (Å²) >= 11 is 0. The third kappa shape index (κ3) is 4.54. The van der Waals surface area contributed by atoms with E-state index in [1.54, 1.807) is 0 Å². The van der Waals surface area contributed by atoms with Crippen LogP contribution in [0.4, 0.5) is 4.79 Å². The summed E-state index contributed by atoms with van der Waals surface area (Å²) in [6.45, 7) is 3.45. The highest BCUT2D eigenvalue weighted by Gasteiger charge is 1.98. The van der Waals surface area contributed by atoms with E-state index in [0.29, 0.717) is 6.54 Å². The van der Waals surface area contributed by atoms with Crippen LogP contribution in [0, 0.1) is 0 Å². The van der Waals surface area contributed by atoms with Crippen molar-refractivity contribution < 1.29 is 4.79 Å². The van der Waals surface area contributed by atoms with E-state index in [1.807, 2.05) is 24.7 Å². The maximum absolute atomic E-state index is 11.2. The molecule has 2 N–H and O–H groups in total. The molecule has 2 amide bonds. The average molecular weight is 209 g/mol. The minimum absolute atomic E-state index is 0.0761. The van der Waals surface area contributed by atoms with Crippen molar-refractivity contribution in [3.05, 3.63) is 24.0 Å². The molecule has 0 aliphatic heterocycles. The monoisotopic (exact) mass is 209 g/mol. The van der Waals surface area contributed by atoms with Crippen LogP contribution in [0.2, 0.25) is 0 Å². The third-order valence-electron chi connectivity index (χ3n) is 2.13. The number of rotatable bonds is 5. The molecule has 0 fully saturated rings. The van der Waals surface area contributed by atoms with E-state index >= 15 is 0 Å². The van der Waals surface area contributed by atoms with Gasteiger partial charge >= 0.3 is 6.03 Å². The maximum atomic E-state index is 11.2. The Balaban J connectivity index is 2.13. The standard InChI is InChI=1S/C11H19N3O/c1-3-6-12-11(15)13-7-4-10-5-8-14(2)9-10/h5,8-9H,3-4,6-7H2,1-2H3,(H2,12,13,15). The number of aryl methyl sites for hydroxylation is 1. The number of hydrogen-bond acceptors (Lipinski definition) is 1. The van der Waals surface area contributed by atoms with Crippen LogP contribution in [0.3, 0.4) is 0 Å². The van der Waals surface area contributed by atoms with Crippen LogP contribution in [0.15, 0.2) is 18.5 Å². The third-order valence-corrected chi connectivity index (χ3v) is 2.13. The number of hydrogen-bond donors (Lipinski definition) is 2. The molecule has 0 radical (unpaired) electrons. The molecule has 0 aliphatic carbocycles. The molecule has 0 saturated carbocycles. The Morgan fingerprint density at radius 3 is 2.73 bits per heavy atom. The first-order valence-electron chi connectivity index (χ1n) is 5.35. The number of amides is 2. The molecule has 0 aliphatic rings. The molecule has 1 rings (SSSR count). The zero-order chi connectivity index (χ0) is 11.1. The molecule has 0 saturated heterocycles. The van der Waals surface area contributed by atoms with Gasteiger partial charge in [-0.1, -0.05) is 6.92 Å². The Kier molecular flexibility index (Phi) is 4.74. The lowest BCUT2D eigenvalue weighted by atomic mass is 10.2. The first-order chi connectivity index (χ1) is 7.22. The quantitative estimate of drug-likeness (QED) is 0.754. The zero-order valence-electron chi connectivity index (χ0n) is 9.42. The summed E-state index contributed by atoms with van der Waals surface area (Å²) in [6.07, 6.45) is 5.91. The fourth-order valence-electron chi connectivity index (χ4n) is 1.33. The van der Waals surface area contributed by atoms with Gasteiger partial charge in [0.05, 0.1) is 0 Å². The van der Waals surface area contributed by atoms with Gasteiger partial charge in [0.15, 0.2) is 0 Å². The van der Waals surface area contributed by atoms with Gasteiger partial charge in [-0.2, -0.15) is 0 Å². The van der Waals surface area contributed by atoms with Gasteiger partial charge in [0.1, 0.15) is 0 Å². The number of nitrogens with zero attached hydrogens (tertiary/aromatic N) is 1. The van der Waals surface area contributed by atoms with E-state index in [2.05, 4.69) is 22.9 Å².